The molecule has 1 aliphatic rings. The van der Waals surface area contributed by atoms with E-state index in [0.29, 0.717) is 0 Å². The lowest BCUT2D eigenvalue weighted by Crippen LogP contribution is -2.48. The van der Waals surface area contributed by atoms with Crippen molar-refractivity contribution in [2.24, 2.45) is 0 Å². The molecule has 0 unspecified atom stereocenters. The number of aromatic nitrogens is 1. The number of rotatable bonds is 2. The number of anilines is 1. The lowest BCUT2D eigenvalue weighted by molar-refractivity contribution is 0.0747. The van der Waals surface area contributed by atoms with Gasteiger partial charge in [-0.3, -0.25) is 9.78 Å². The van der Waals surface area contributed by atoms with Gasteiger partial charge in [0.2, 0.25) is 0 Å². The third-order valence-electron chi connectivity index (χ3n) is 4.55. The Labute approximate surface area is 141 Å². The molecule has 1 saturated heterocycles. The number of amides is 1. The highest BCUT2D eigenvalue weighted by Crippen LogP contribution is 2.26. The van der Waals surface area contributed by atoms with E-state index in [0.717, 1.165) is 37.3 Å². The first kappa shape index (κ1) is 14.7. The fourth-order valence-corrected chi connectivity index (χ4v) is 3.27. The van der Waals surface area contributed by atoms with Crippen LogP contribution in [0.5, 0.6) is 0 Å². The van der Waals surface area contributed by atoms with Gasteiger partial charge in [-0.2, -0.15) is 0 Å². The molecule has 3 aromatic rings. The summed E-state index contributed by atoms with van der Waals surface area (Å²) < 4.78 is 0. The molecular weight excluding hydrogens is 298 g/mol. The zero-order valence-corrected chi connectivity index (χ0v) is 13.4. The predicted octanol–water partition coefficient (Wildman–Crippen LogP) is 3.20. The molecular formula is C20H19N3O. The number of benzene rings is 2. The molecule has 2 aromatic carbocycles. The highest BCUT2D eigenvalue weighted by Gasteiger charge is 2.23. The summed E-state index contributed by atoms with van der Waals surface area (Å²) in [6.07, 6.45) is 1.86. The second-order valence-electron chi connectivity index (χ2n) is 5.99. The fourth-order valence-electron chi connectivity index (χ4n) is 3.27. The molecule has 0 spiro atoms. The maximum atomic E-state index is 12.6. The molecule has 0 radical (unpaired) electrons. The van der Waals surface area contributed by atoms with E-state index < -0.39 is 0 Å². The lowest BCUT2D eigenvalue weighted by atomic mass is 10.1. The molecule has 4 nitrogen and oxygen atoms in total. The van der Waals surface area contributed by atoms with Crippen LogP contribution in [0.2, 0.25) is 0 Å². The van der Waals surface area contributed by atoms with E-state index in [1.54, 1.807) is 0 Å². The van der Waals surface area contributed by atoms with Crippen LogP contribution in [0.15, 0.2) is 66.9 Å². The molecule has 24 heavy (non-hydrogen) atoms. The average Bonchev–Trinajstić information content (AvgIpc) is 2.68. The van der Waals surface area contributed by atoms with Gasteiger partial charge in [-0.15, -0.1) is 0 Å². The number of pyridine rings is 1. The maximum absolute atomic E-state index is 12.6. The van der Waals surface area contributed by atoms with Crippen molar-refractivity contribution in [2.45, 2.75) is 0 Å². The molecule has 0 N–H and O–H groups in total. The van der Waals surface area contributed by atoms with Crippen molar-refractivity contribution < 1.29 is 4.79 Å². The van der Waals surface area contributed by atoms with Crippen LogP contribution in [0, 0.1) is 0 Å². The first-order valence-electron chi connectivity index (χ1n) is 8.26. The smallest absolute Gasteiger partial charge is 0.253 e. The Bertz CT molecular complexity index is 850. The van der Waals surface area contributed by atoms with Gasteiger partial charge >= 0.3 is 0 Å². The summed E-state index contributed by atoms with van der Waals surface area (Å²) in [5, 5.41) is 1.17. The SMILES string of the molecule is O=C(c1ccccc1)N1CCN(c2ccnc3ccccc23)CC1. The van der Waals surface area contributed by atoms with E-state index in [1.807, 2.05) is 59.6 Å². The minimum absolute atomic E-state index is 0.120. The summed E-state index contributed by atoms with van der Waals surface area (Å²) >= 11 is 0. The monoisotopic (exact) mass is 317 g/mol. The summed E-state index contributed by atoms with van der Waals surface area (Å²) in [4.78, 5) is 21.3. The first-order valence-corrected chi connectivity index (χ1v) is 8.26. The highest BCUT2D eigenvalue weighted by atomic mass is 16.2. The fraction of sp³-hybridized carbons (Fsp3) is 0.200. The van der Waals surface area contributed by atoms with Crippen molar-refractivity contribution in [2.75, 3.05) is 31.1 Å². The largest absolute Gasteiger partial charge is 0.367 e. The number of carbonyl (C=O) groups is 1. The van der Waals surface area contributed by atoms with E-state index >= 15 is 0 Å². The normalized spacial score (nSPS) is 14.8. The van der Waals surface area contributed by atoms with Crippen LogP contribution in [0.1, 0.15) is 10.4 Å². The topological polar surface area (TPSA) is 36.4 Å². The van der Waals surface area contributed by atoms with Gasteiger partial charge in [0.1, 0.15) is 0 Å². The summed E-state index contributed by atoms with van der Waals surface area (Å²) in [7, 11) is 0. The summed E-state index contributed by atoms with van der Waals surface area (Å²) in [5.74, 6) is 0.120. The number of hydrogen-bond acceptors (Lipinski definition) is 3. The Balaban J connectivity index is 1.51. The highest BCUT2D eigenvalue weighted by molar-refractivity contribution is 5.95. The molecule has 0 atom stereocenters. The Morgan fingerprint density at radius 1 is 0.833 bits per heavy atom. The van der Waals surface area contributed by atoms with Gasteiger partial charge < -0.3 is 9.80 Å². The number of hydrogen-bond donors (Lipinski definition) is 0. The molecule has 4 rings (SSSR count). The molecule has 120 valence electrons. The van der Waals surface area contributed by atoms with Gasteiger partial charge in [0.25, 0.3) is 5.91 Å². The van der Waals surface area contributed by atoms with Crippen LogP contribution in [-0.2, 0) is 0 Å². The van der Waals surface area contributed by atoms with Crippen LogP contribution in [0.25, 0.3) is 10.9 Å². The number of nitrogens with zero attached hydrogens (tertiary/aromatic N) is 3. The second kappa shape index (κ2) is 6.32. The van der Waals surface area contributed by atoms with Crippen molar-refractivity contribution in [1.29, 1.82) is 0 Å². The van der Waals surface area contributed by atoms with Crippen molar-refractivity contribution in [3.8, 4) is 0 Å². The Kier molecular flexibility index (Phi) is 3.87. The van der Waals surface area contributed by atoms with Crippen molar-refractivity contribution >= 4 is 22.5 Å². The Morgan fingerprint density at radius 2 is 1.54 bits per heavy atom. The molecule has 1 fully saturated rings. The third kappa shape index (κ3) is 2.71. The summed E-state index contributed by atoms with van der Waals surface area (Å²) in [5.41, 5.74) is 2.98. The van der Waals surface area contributed by atoms with Crippen LogP contribution in [0.4, 0.5) is 5.69 Å². The number of piperazine rings is 1. The minimum Gasteiger partial charge on any atom is -0.367 e. The van der Waals surface area contributed by atoms with Gasteiger partial charge in [-0.05, 0) is 24.3 Å². The molecule has 1 aromatic heterocycles. The quantitative estimate of drug-likeness (QED) is 0.728. The molecule has 2 heterocycles. The Morgan fingerprint density at radius 3 is 2.33 bits per heavy atom. The van der Waals surface area contributed by atoms with E-state index in [4.69, 9.17) is 0 Å². The molecule has 0 aliphatic carbocycles. The average molecular weight is 317 g/mol. The number of fused-ring (bicyclic) bond motifs is 1. The van der Waals surface area contributed by atoms with Crippen LogP contribution >= 0.6 is 0 Å². The lowest BCUT2D eigenvalue weighted by Gasteiger charge is -2.36. The van der Waals surface area contributed by atoms with Gasteiger partial charge in [-0.25, -0.2) is 0 Å². The minimum atomic E-state index is 0.120. The van der Waals surface area contributed by atoms with E-state index in [2.05, 4.69) is 22.0 Å². The van der Waals surface area contributed by atoms with Gasteiger partial charge in [0, 0.05) is 49.0 Å². The van der Waals surface area contributed by atoms with E-state index in [-0.39, 0.29) is 5.91 Å². The first-order chi connectivity index (χ1) is 11.8. The summed E-state index contributed by atoms with van der Waals surface area (Å²) in [6.45, 7) is 3.16. The van der Waals surface area contributed by atoms with Crippen LogP contribution < -0.4 is 4.90 Å². The molecule has 4 heteroatoms. The van der Waals surface area contributed by atoms with Crippen LogP contribution in [0.3, 0.4) is 0 Å². The second-order valence-corrected chi connectivity index (χ2v) is 5.99. The molecule has 1 amide bonds. The van der Waals surface area contributed by atoms with E-state index in [9.17, 15) is 4.79 Å². The van der Waals surface area contributed by atoms with Gasteiger partial charge in [0.05, 0.1) is 5.52 Å². The van der Waals surface area contributed by atoms with E-state index in [1.165, 1.54) is 11.1 Å². The maximum Gasteiger partial charge on any atom is 0.253 e. The van der Waals surface area contributed by atoms with Crippen molar-refractivity contribution in [3.05, 3.63) is 72.4 Å². The predicted molar refractivity (Wildman–Crippen MR) is 96.3 cm³/mol. The van der Waals surface area contributed by atoms with Crippen LogP contribution in [-0.4, -0.2) is 42.0 Å². The zero-order valence-electron chi connectivity index (χ0n) is 13.4. The van der Waals surface area contributed by atoms with Gasteiger partial charge in [-0.1, -0.05) is 36.4 Å². The molecule has 0 saturated carbocycles. The standard InChI is InChI=1S/C20H19N3O/c24-20(16-6-2-1-3-7-16)23-14-12-22(13-15-23)19-10-11-21-18-9-5-4-8-17(18)19/h1-11H,12-15H2. The number of carbonyl (C=O) groups excluding carboxylic acids is 1. The third-order valence-corrected chi connectivity index (χ3v) is 4.55. The van der Waals surface area contributed by atoms with Crippen molar-refractivity contribution in [3.63, 3.8) is 0 Å². The summed E-state index contributed by atoms with van der Waals surface area (Å²) in [6, 6.07) is 19.8. The molecule has 0 bridgehead atoms. The van der Waals surface area contributed by atoms with Gasteiger partial charge in [0.15, 0.2) is 0 Å². The Hall–Kier alpha value is -2.88. The number of para-hydroxylation sites is 1. The van der Waals surface area contributed by atoms with Crippen molar-refractivity contribution in [1.82, 2.24) is 9.88 Å². The molecule has 1 aliphatic heterocycles. The zero-order chi connectivity index (χ0) is 16.4.